The fourth-order valence-electron chi connectivity index (χ4n) is 1.77. The first-order valence-corrected chi connectivity index (χ1v) is 6.50. The van der Waals surface area contributed by atoms with Crippen LogP contribution in [0.5, 0.6) is 0 Å². The highest BCUT2D eigenvalue weighted by molar-refractivity contribution is 5.49. The molecule has 0 saturated heterocycles. The second kappa shape index (κ2) is 8.06. The second-order valence-electron chi connectivity index (χ2n) is 4.46. The summed E-state index contributed by atoms with van der Waals surface area (Å²) in [5, 5.41) is 12.2. The molecule has 0 aliphatic rings. The Kier molecular flexibility index (Phi) is 6.68. The summed E-state index contributed by atoms with van der Waals surface area (Å²) in [7, 11) is 1.78. The van der Waals surface area contributed by atoms with Crippen LogP contribution >= 0.6 is 0 Å². The molecule has 0 unspecified atom stereocenters. The summed E-state index contributed by atoms with van der Waals surface area (Å²) in [6.07, 6.45) is 2.32. The molecule has 0 aliphatic carbocycles. The van der Waals surface area contributed by atoms with Gasteiger partial charge in [0.15, 0.2) is 0 Å². The molecule has 0 fully saturated rings. The molecule has 0 spiro atoms. The predicted octanol–water partition coefficient (Wildman–Crippen LogP) is 2.14. The van der Waals surface area contributed by atoms with E-state index in [0.717, 1.165) is 25.1 Å². The number of nitrogens with one attached hydrogen (secondary N) is 1. The summed E-state index contributed by atoms with van der Waals surface area (Å²) >= 11 is 0. The van der Waals surface area contributed by atoms with Crippen molar-refractivity contribution >= 4 is 5.69 Å². The Balaban J connectivity index is 2.62. The van der Waals surface area contributed by atoms with E-state index in [1.807, 2.05) is 6.07 Å². The molecule has 0 aliphatic heterocycles. The van der Waals surface area contributed by atoms with Crippen LogP contribution in [0.4, 0.5) is 10.1 Å². The van der Waals surface area contributed by atoms with Crippen molar-refractivity contribution in [3.8, 4) is 0 Å². The molecule has 1 rings (SSSR count). The van der Waals surface area contributed by atoms with Crippen LogP contribution in [0.2, 0.25) is 0 Å². The van der Waals surface area contributed by atoms with Crippen LogP contribution in [0.1, 0.15) is 25.3 Å². The van der Waals surface area contributed by atoms with Crippen LogP contribution in [0, 0.1) is 5.82 Å². The van der Waals surface area contributed by atoms with E-state index in [2.05, 4.69) is 12.2 Å². The Morgan fingerprint density at radius 2 is 2.17 bits per heavy atom. The highest BCUT2D eigenvalue weighted by Gasteiger charge is 2.07. The normalized spacial score (nSPS) is 10.7. The molecule has 18 heavy (non-hydrogen) atoms. The number of nitrogens with zero attached hydrogens (tertiary/aromatic N) is 1. The molecule has 0 atom stereocenters. The Morgan fingerprint density at radius 1 is 1.39 bits per heavy atom. The largest absolute Gasteiger partial charge is 0.395 e. The van der Waals surface area contributed by atoms with E-state index in [1.165, 1.54) is 12.5 Å². The molecule has 1 aromatic rings. The molecule has 3 nitrogen and oxygen atoms in total. The number of hydrogen-bond acceptors (Lipinski definition) is 3. The second-order valence-corrected chi connectivity index (χ2v) is 4.46. The fraction of sp³-hybridized carbons (Fsp3) is 0.571. The number of unbranched alkanes of at least 4 members (excludes halogenated alkanes) is 1. The van der Waals surface area contributed by atoms with Crippen LogP contribution in [0.3, 0.4) is 0 Å². The Hall–Kier alpha value is -1.13. The number of hydrogen-bond donors (Lipinski definition) is 2. The van der Waals surface area contributed by atoms with Gasteiger partial charge in [-0.2, -0.15) is 0 Å². The van der Waals surface area contributed by atoms with Crippen molar-refractivity contribution in [2.45, 2.75) is 26.3 Å². The van der Waals surface area contributed by atoms with Crippen molar-refractivity contribution in [2.24, 2.45) is 0 Å². The summed E-state index contributed by atoms with van der Waals surface area (Å²) in [5.41, 5.74) is 1.60. The zero-order chi connectivity index (χ0) is 13.4. The molecule has 2 N–H and O–H groups in total. The van der Waals surface area contributed by atoms with Crippen molar-refractivity contribution < 1.29 is 9.50 Å². The number of halogens is 1. The monoisotopic (exact) mass is 254 g/mol. The molecule has 0 amide bonds. The van der Waals surface area contributed by atoms with E-state index < -0.39 is 0 Å². The topological polar surface area (TPSA) is 35.5 Å². The van der Waals surface area contributed by atoms with Crippen molar-refractivity contribution in [1.29, 1.82) is 0 Å². The van der Waals surface area contributed by atoms with Gasteiger partial charge in [-0.15, -0.1) is 0 Å². The maximum absolute atomic E-state index is 13.6. The summed E-state index contributed by atoms with van der Waals surface area (Å²) in [6.45, 7) is 4.34. The number of aliphatic hydroxyl groups is 1. The maximum Gasteiger partial charge on any atom is 0.146 e. The first-order valence-electron chi connectivity index (χ1n) is 6.50. The lowest BCUT2D eigenvalue weighted by atomic mass is 10.1. The number of likely N-dealkylation sites (N-methyl/N-ethyl adjacent to an activating group) is 1. The molecule has 0 bridgehead atoms. The summed E-state index contributed by atoms with van der Waals surface area (Å²) in [5.74, 6) is -0.247. The Morgan fingerprint density at radius 3 is 2.83 bits per heavy atom. The van der Waals surface area contributed by atoms with Gasteiger partial charge < -0.3 is 15.3 Å². The zero-order valence-electron chi connectivity index (χ0n) is 11.2. The van der Waals surface area contributed by atoms with Crippen LogP contribution in [-0.4, -0.2) is 31.9 Å². The smallest absolute Gasteiger partial charge is 0.146 e. The van der Waals surface area contributed by atoms with Gasteiger partial charge in [0.25, 0.3) is 0 Å². The molecular weight excluding hydrogens is 231 g/mol. The molecule has 0 radical (unpaired) electrons. The average molecular weight is 254 g/mol. The van der Waals surface area contributed by atoms with E-state index in [1.54, 1.807) is 18.0 Å². The highest BCUT2D eigenvalue weighted by Crippen LogP contribution is 2.19. The molecule has 1 aromatic carbocycles. The van der Waals surface area contributed by atoms with Crippen LogP contribution in [-0.2, 0) is 6.54 Å². The van der Waals surface area contributed by atoms with E-state index in [0.29, 0.717) is 12.2 Å². The third-order valence-electron chi connectivity index (χ3n) is 2.89. The number of aliphatic hydroxyl groups excluding tert-OH is 1. The van der Waals surface area contributed by atoms with Crippen molar-refractivity contribution in [1.82, 2.24) is 5.32 Å². The van der Waals surface area contributed by atoms with Crippen LogP contribution < -0.4 is 10.2 Å². The number of anilines is 1. The summed E-state index contributed by atoms with van der Waals surface area (Å²) < 4.78 is 13.6. The SMILES string of the molecule is CCCCNCc1ccc(F)c(N(C)CCO)c1. The van der Waals surface area contributed by atoms with Gasteiger partial charge in [0.2, 0.25) is 0 Å². The third kappa shape index (κ3) is 4.63. The standard InChI is InChI=1S/C14H23FN2O/c1-3-4-7-16-11-12-5-6-13(15)14(10-12)17(2)8-9-18/h5-6,10,16,18H,3-4,7-9,11H2,1-2H3. The van der Waals surface area contributed by atoms with Gasteiger partial charge in [-0.3, -0.25) is 0 Å². The van der Waals surface area contributed by atoms with E-state index in [-0.39, 0.29) is 12.4 Å². The zero-order valence-corrected chi connectivity index (χ0v) is 11.2. The van der Waals surface area contributed by atoms with Crippen LogP contribution in [0.15, 0.2) is 18.2 Å². The summed E-state index contributed by atoms with van der Waals surface area (Å²) in [6, 6.07) is 5.12. The first-order chi connectivity index (χ1) is 8.69. The van der Waals surface area contributed by atoms with Crippen molar-refractivity contribution in [3.05, 3.63) is 29.6 Å². The van der Waals surface area contributed by atoms with Gasteiger partial charge in [0.05, 0.1) is 12.3 Å². The number of rotatable bonds is 8. The molecule has 0 aromatic heterocycles. The molecule has 102 valence electrons. The lowest BCUT2D eigenvalue weighted by molar-refractivity contribution is 0.303. The fourth-order valence-corrected chi connectivity index (χ4v) is 1.77. The average Bonchev–Trinajstić information content (AvgIpc) is 2.36. The molecule has 4 heteroatoms. The molecular formula is C14H23FN2O. The Labute approximate surface area is 109 Å². The maximum atomic E-state index is 13.6. The third-order valence-corrected chi connectivity index (χ3v) is 2.89. The van der Waals surface area contributed by atoms with Gasteiger partial charge in [0.1, 0.15) is 5.82 Å². The molecule has 0 heterocycles. The minimum Gasteiger partial charge on any atom is -0.395 e. The van der Waals surface area contributed by atoms with E-state index in [9.17, 15) is 4.39 Å². The minimum absolute atomic E-state index is 0.0227. The summed E-state index contributed by atoms with van der Waals surface area (Å²) in [4.78, 5) is 1.73. The van der Waals surface area contributed by atoms with Gasteiger partial charge in [-0.25, -0.2) is 4.39 Å². The van der Waals surface area contributed by atoms with Crippen LogP contribution in [0.25, 0.3) is 0 Å². The van der Waals surface area contributed by atoms with E-state index in [4.69, 9.17) is 5.11 Å². The van der Waals surface area contributed by atoms with Gasteiger partial charge in [-0.05, 0) is 30.7 Å². The van der Waals surface area contributed by atoms with Crippen molar-refractivity contribution in [3.63, 3.8) is 0 Å². The molecule has 0 saturated carbocycles. The lowest BCUT2D eigenvalue weighted by Gasteiger charge is -2.19. The number of benzene rings is 1. The lowest BCUT2D eigenvalue weighted by Crippen LogP contribution is -2.22. The van der Waals surface area contributed by atoms with E-state index >= 15 is 0 Å². The minimum atomic E-state index is -0.247. The highest BCUT2D eigenvalue weighted by atomic mass is 19.1. The predicted molar refractivity (Wildman–Crippen MR) is 73.4 cm³/mol. The van der Waals surface area contributed by atoms with Gasteiger partial charge >= 0.3 is 0 Å². The van der Waals surface area contributed by atoms with Gasteiger partial charge in [-0.1, -0.05) is 19.4 Å². The van der Waals surface area contributed by atoms with Gasteiger partial charge in [0, 0.05) is 20.1 Å². The first kappa shape index (κ1) is 14.9. The Bertz CT molecular complexity index is 358. The van der Waals surface area contributed by atoms with Crippen molar-refractivity contribution in [2.75, 3.05) is 31.6 Å². The quantitative estimate of drug-likeness (QED) is 0.698.